The zero-order chi connectivity index (χ0) is 14.8. The first kappa shape index (κ1) is 14.8. The van der Waals surface area contributed by atoms with Crippen molar-refractivity contribution in [1.29, 1.82) is 0 Å². The van der Waals surface area contributed by atoms with E-state index in [1.165, 1.54) is 0 Å². The van der Waals surface area contributed by atoms with Crippen molar-refractivity contribution in [3.63, 3.8) is 0 Å². The lowest BCUT2D eigenvalue weighted by Gasteiger charge is -2.21. The van der Waals surface area contributed by atoms with Crippen LogP contribution in [0.25, 0.3) is 10.9 Å². The Balaban J connectivity index is 1.94. The van der Waals surface area contributed by atoms with Gasteiger partial charge in [-0.25, -0.2) is 0 Å². The summed E-state index contributed by atoms with van der Waals surface area (Å²) < 4.78 is 6.01. The fraction of sp³-hybridized carbons (Fsp3) is 0.471. The van der Waals surface area contributed by atoms with Crippen LogP contribution < -0.4 is 5.32 Å². The first-order valence-corrected chi connectivity index (χ1v) is 7.92. The lowest BCUT2D eigenvalue weighted by molar-refractivity contribution is 0.0911. The number of ether oxygens (including phenoxy) is 1. The first-order valence-electron chi connectivity index (χ1n) is 7.55. The highest BCUT2D eigenvalue weighted by atomic mass is 35.5. The molecule has 1 aliphatic heterocycles. The molecule has 2 unspecified atom stereocenters. The van der Waals surface area contributed by atoms with Crippen molar-refractivity contribution < 1.29 is 4.74 Å². The van der Waals surface area contributed by atoms with Crippen LogP contribution in [0.15, 0.2) is 30.5 Å². The maximum absolute atomic E-state index is 6.28. The Labute approximate surface area is 130 Å². The summed E-state index contributed by atoms with van der Waals surface area (Å²) in [6.45, 7) is 6.12. The Hall–Kier alpha value is -1.16. The van der Waals surface area contributed by atoms with Crippen molar-refractivity contribution in [1.82, 2.24) is 10.3 Å². The topological polar surface area (TPSA) is 34.1 Å². The van der Waals surface area contributed by atoms with Crippen LogP contribution in [0.5, 0.6) is 0 Å². The molecule has 0 saturated carbocycles. The third-order valence-corrected chi connectivity index (χ3v) is 4.39. The van der Waals surface area contributed by atoms with Crippen molar-refractivity contribution >= 4 is 22.5 Å². The van der Waals surface area contributed by atoms with Crippen LogP contribution in [0.3, 0.4) is 0 Å². The smallest absolute Gasteiger partial charge is 0.0887 e. The van der Waals surface area contributed by atoms with Crippen LogP contribution in [-0.2, 0) is 4.74 Å². The van der Waals surface area contributed by atoms with Gasteiger partial charge in [0.25, 0.3) is 0 Å². The lowest BCUT2D eigenvalue weighted by atomic mass is 9.93. The van der Waals surface area contributed by atoms with Crippen LogP contribution in [0, 0.1) is 5.92 Å². The fourth-order valence-electron chi connectivity index (χ4n) is 2.96. The summed E-state index contributed by atoms with van der Waals surface area (Å²) in [5, 5.41) is 5.27. The third kappa shape index (κ3) is 3.05. The molecule has 1 aromatic heterocycles. The zero-order valence-corrected chi connectivity index (χ0v) is 13.2. The minimum Gasteiger partial charge on any atom is -0.373 e. The average Bonchev–Trinajstić information content (AvgIpc) is 2.94. The number of hydrogen-bond donors (Lipinski definition) is 1. The predicted molar refractivity (Wildman–Crippen MR) is 86.7 cm³/mol. The fourth-order valence-corrected chi connectivity index (χ4v) is 3.18. The van der Waals surface area contributed by atoms with Crippen LogP contribution >= 0.6 is 11.6 Å². The van der Waals surface area contributed by atoms with Crippen molar-refractivity contribution in [3.05, 3.63) is 41.0 Å². The number of benzene rings is 1. The zero-order valence-electron chi connectivity index (χ0n) is 12.5. The number of halogens is 1. The van der Waals surface area contributed by atoms with E-state index in [1.807, 2.05) is 24.4 Å². The summed E-state index contributed by atoms with van der Waals surface area (Å²) in [5.41, 5.74) is 2.12. The average molecular weight is 305 g/mol. The Bertz CT molecular complexity index is 629. The normalized spacial score (nSPS) is 22.3. The van der Waals surface area contributed by atoms with E-state index in [1.54, 1.807) is 0 Å². The van der Waals surface area contributed by atoms with E-state index >= 15 is 0 Å². The van der Waals surface area contributed by atoms with Crippen LogP contribution in [0.1, 0.15) is 31.9 Å². The van der Waals surface area contributed by atoms with Gasteiger partial charge in [-0.3, -0.25) is 4.98 Å². The van der Waals surface area contributed by atoms with E-state index in [9.17, 15) is 0 Å². The molecule has 0 bridgehead atoms. The number of hydrogen-bond acceptors (Lipinski definition) is 3. The molecule has 0 amide bonds. The molecule has 1 aromatic carbocycles. The van der Waals surface area contributed by atoms with Gasteiger partial charge in [-0.15, -0.1) is 0 Å². The molecule has 4 heteroatoms. The third-order valence-electron chi connectivity index (χ3n) is 4.06. The summed E-state index contributed by atoms with van der Waals surface area (Å²) >= 11 is 6.28. The second-order valence-electron chi connectivity index (χ2n) is 5.94. The summed E-state index contributed by atoms with van der Waals surface area (Å²) in [7, 11) is 0. The van der Waals surface area contributed by atoms with Crippen LogP contribution in [-0.4, -0.2) is 24.2 Å². The van der Waals surface area contributed by atoms with Gasteiger partial charge in [0.15, 0.2) is 0 Å². The van der Waals surface area contributed by atoms with Gasteiger partial charge in [-0.1, -0.05) is 31.5 Å². The van der Waals surface area contributed by atoms with E-state index < -0.39 is 0 Å². The van der Waals surface area contributed by atoms with Gasteiger partial charge in [0.05, 0.1) is 11.6 Å². The maximum atomic E-state index is 6.28. The van der Waals surface area contributed by atoms with Crippen molar-refractivity contribution in [2.45, 2.75) is 32.4 Å². The quantitative estimate of drug-likeness (QED) is 0.928. The van der Waals surface area contributed by atoms with Gasteiger partial charge >= 0.3 is 0 Å². The van der Waals surface area contributed by atoms with E-state index in [-0.39, 0.29) is 6.10 Å². The lowest BCUT2D eigenvalue weighted by Crippen LogP contribution is -2.30. The largest absolute Gasteiger partial charge is 0.373 e. The number of rotatable bonds is 4. The highest BCUT2D eigenvalue weighted by Gasteiger charge is 2.31. The molecule has 0 radical (unpaired) electrons. The van der Waals surface area contributed by atoms with Gasteiger partial charge < -0.3 is 10.1 Å². The summed E-state index contributed by atoms with van der Waals surface area (Å²) in [6.07, 6.45) is 3.01. The minimum atomic E-state index is 0.103. The maximum Gasteiger partial charge on any atom is 0.0887 e. The Morgan fingerprint density at radius 2 is 2.24 bits per heavy atom. The summed E-state index contributed by atoms with van der Waals surface area (Å²) in [6, 6.07) is 8.45. The number of pyridine rings is 1. The molecule has 1 fully saturated rings. The second-order valence-corrected chi connectivity index (χ2v) is 6.35. The summed E-state index contributed by atoms with van der Waals surface area (Å²) in [5.74, 6) is 0.485. The molecular weight excluding hydrogens is 284 g/mol. The first-order chi connectivity index (χ1) is 10.2. The Kier molecular flexibility index (Phi) is 4.43. The molecule has 0 aliphatic carbocycles. The van der Waals surface area contributed by atoms with E-state index in [4.69, 9.17) is 16.3 Å². The second kappa shape index (κ2) is 6.30. The van der Waals surface area contributed by atoms with Gasteiger partial charge in [0, 0.05) is 47.3 Å². The van der Waals surface area contributed by atoms with E-state index in [0.29, 0.717) is 12.0 Å². The molecule has 0 spiro atoms. The Morgan fingerprint density at radius 3 is 3.05 bits per heavy atom. The molecule has 2 aromatic rings. The van der Waals surface area contributed by atoms with Crippen molar-refractivity contribution in [2.75, 3.05) is 13.2 Å². The van der Waals surface area contributed by atoms with Crippen molar-refractivity contribution in [2.24, 2.45) is 5.92 Å². The molecule has 3 rings (SSSR count). The minimum absolute atomic E-state index is 0.103. The molecule has 2 atom stereocenters. The van der Waals surface area contributed by atoms with E-state index in [2.05, 4.69) is 30.2 Å². The standard InChI is InChI=1S/C17H21ClN2O/c1-11(2)20-10-12-7-9-21-17(12)14-5-6-15(18)13-4-3-8-19-16(13)14/h3-6,8,11-12,17,20H,7,9-10H2,1-2H3. The van der Waals surface area contributed by atoms with Crippen LogP contribution in [0.4, 0.5) is 0 Å². The number of nitrogens with zero attached hydrogens (tertiary/aromatic N) is 1. The molecule has 1 saturated heterocycles. The van der Waals surface area contributed by atoms with Crippen LogP contribution in [0.2, 0.25) is 5.02 Å². The molecule has 1 N–H and O–H groups in total. The van der Waals surface area contributed by atoms with Gasteiger partial charge in [-0.05, 0) is 24.6 Å². The monoisotopic (exact) mass is 304 g/mol. The van der Waals surface area contributed by atoms with Crippen molar-refractivity contribution in [3.8, 4) is 0 Å². The highest BCUT2D eigenvalue weighted by Crippen LogP contribution is 2.38. The number of nitrogens with one attached hydrogen (secondary N) is 1. The highest BCUT2D eigenvalue weighted by molar-refractivity contribution is 6.35. The van der Waals surface area contributed by atoms with Gasteiger partial charge in [0.2, 0.25) is 0 Å². The number of aromatic nitrogens is 1. The van der Waals surface area contributed by atoms with Gasteiger partial charge in [0.1, 0.15) is 0 Å². The number of fused-ring (bicyclic) bond motifs is 1. The molecule has 112 valence electrons. The van der Waals surface area contributed by atoms with E-state index in [0.717, 1.165) is 41.1 Å². The molecular formula is C17H21ClN2O. The molecule has 1 aliphatic rings. The molecule has 2 heterocycles. The molecule has 21 heavy (non-hydrogen) atoms. The Morgan fingerprint density at radius 1 is 1.38 bits per heavy atom. The molecule has 3 nitrogen and oxygen atoms in total. The SMILES string of the molecule is CC(C)NCC1CCOC1c1ccc(Cl)c2cccnc12. The predicted octanol–water partition coefficient (Wildman–Crippen LogP) is 3.96. The summed E-state index contributed by atoms with van der Waals surface area (Å²) in [4.78, 5) is 4.53. The van der Waals surface area contributed by atoms with Gasteiger partial charge in [-0.2, -0.15) is 0 Å².